The van der Waals surface area contributed by atoms with Crippen LogP contribution in [0.3, 0.4) is 0 Å². The van der Waals surface area contributed by atoms with Gasteiger partial charge in [-0.3, -0.25) is 14.2 Å². The van der Waals surface area contributed by atoms with Gasteiger partial charge in [0.25, 0.3) is 5.56 Å². The molecule has 0 bridgehead atoms. The van der Waals surface area contributed by atoms with Gasteiger partial charge < -0.3 is 10.4 Å². The third-order valence-electron chi connectivity index (χ3n) is 3.62. The second-order valence-corrected chi connectivity index (χ2v) is 5.05. The van der Waals surface area contributed by atoms with E-state index < -0.39 is 5.97 Å². The van der Waals surface area contributed by atoms with Gasteiger partial charge in [0.05, 0.1) is 0 Å². The zero-order valence-corrected chi connectivity index (χ0v) is 11.1. The maximum atomic E-state index is 12.1. The molecule has 2 N–H and O–H groups in total. The highest BCUT2D eigenvalue weighted by molar-refractivity contribution is 5.66. The molecule has 1 aliphatic carbocycles. The first-order valence-electron chi connectivity index (χ1n) is 6.60. The molecule has 1 fully saturated rings. The lowest BCUT2D eigenvalue weighted by molar-refractivity contribution is -0.137. The van der Waals surface area contributed by atoms with E-state index in [2.05, 4.69) is 10.3 Å². The van der Waals surface area contributed by atoms with Gasteiger partial charge in [0, 0.05) is 18.4 Å². The maximum absolute atomic E-state index is 12.1. The Hall–Kier alpha value is -1.85. The first-order valence-corrected chi connectivity index (χ1v) is 6.60. The smallest absolute Gasteiger partial charge is 0.323 e. The van der Waals surface area contributed by atoms with E-state index in [0.717, 1.165) is 12.3 Å². The maximum Gasteiger partial charge on any atom is 0.323 e. The molecule has 1 aliphatic rings. The summed E-state index contributed by atoms with van der Waals surface area (Å²) in [5.74, 6) is -0.0258. The molecule has 1 saturated carbocycles. The Morgan fingerprint density at radius 1 is 1.58 bits per heavy atom. The summed E-state index contributed by atoms with van der Waals surface area (Å²) in [5, 5.41) is 11.8. The Morgan fingerprint density at radius 3 is 2.89 bits per heavy atom. The molecular weight excluding hydrogens is 246 g/mol. The molecule has 0 radical (unpaired) electrons. The summed E-state index contributed by atoms with van der Waals surface area (Å²) in [6.45, 7) is 2.06. The fraction of sp³-hybridized carbons (Fsp3) is 0.615. The number of nitrogens with zero attached hydrogens (tertiary/aromatic N) is 2. The van der Waals surface area contributed by atoms with Gasteiger partial charge in [0.2, 0.25) is 0 Å². The summed E-state index contributed by atoms with van der Waals surface area (Å²) in [6, 6.07) is 0. The van der Waals surface area contributed by atoms with Gasteiger partial charge >= 0.3 is 5.97 Å². The monoisotopic (exact) mass is 265 g/mol. The molecule has 1 aromatic rings. The largest absolute Gasteiger partial charge is 0.480 e. The van der Waals surface area contributed by atoms with Crippen LogP contribution in [0.1, 0.15) is 31.4 Å². The Kier molecular flexibility index (Phi) is 4.19. The number of rotatable bonds is 6. The summed E-state index contributed by atoms with van der Waals surface area (Å²) in [6.07, 6.45) is 6.40. The summed E-state index contributed by atoms with van der Waals surface area (Å²) in [5.41, 5.74) is 0.188. The van der Waals surface area contributed by atoms with Crippen LogP contribution in [0.2, 0.25) is 0 Å². The Labute approximate surface area is 111 Å². The minimum absolute atomic E-state index is 0.242. The van der Waals surface area contributed by atoms with Crippen LogP contribution in [0.25, 0.3) is 0 Å². The Balaban J connectivity index is 2.03. The molecule has 104 valence electrons. The Bertz CT molecular complexity index is 520. The van der Waals surface area contributed by atoms with E-state index >= 15 is 0 Å². The van der Waals surface area contributed by atoms with Crippen molar-refractivity contribution in [3.05, 3.63) is 22.2 Å². The van der Waals surface area contributed by atoms with Crippen molar-refractivity contribution in [3.8, 4) is 0 Å². The third-order valence-corrected chi connectivity index (χ3v) is 3.62. The molecule has 6 heteroatoms. The minimum Gasteiger partial charge on any atom is -0.480 e. The van der Waals surface area contributed by atoms with E-state index in [9.17, 15) is 9.59 Å². The summed E-state index contributed by atoms with van der Waals surface area (Å²) in [4.78, 5) is 26.8. The summed E-state index contributed by atoms with van der Waals surface area (Å²) in [7, 11) is 0. The molecule has 0 atom stereocenters. The van der Waals surface area contributed by atoms with Crippen LogP contribution in [-0.2, 0) is 11.3 Å². The molecule has 1 aromatic heterocycles. The SMILES string of the molecule is Cc1cnc(NCCC2CCC2)c(=O)n1CC(=O)O. The van der Waals surface area contributed by atoms with E-state index in [4.69, 9.17) is 5.11 Å². The highest BCUT2D eigenvalue weighted by atomic mass is 16.4. The lowest BCUT2D eigenvalue weighted by Crippen LogP contribution is -2.30. The van der Waals surface area contributed by atoms with Crippen molar-refractivity contribution in [1.82, 2.24) is 9.55 Å². The number of carbonyl (C=O) groups is 1. The minimum atomic E-state index is -1.03. The van der Waals surface area contributed by atoms with Crippen LogP contribution in [0.5, 0.6) is 0 Å². The van der Waals surface area contributed by atoms with Crippen molar-refractivity contribution in [2.75, 3.05) is 11.9 Å². The van der Waals surface area contributed by atoms with E-state index in [1.165, 1.54) is 30.0 Å². The molecule has 0 aromatic carbocycles. The van der Waals surface area contributed by atoms with Gasteiger partial charge in [0.15, 0.2) is 5.82 Å². The number of hydrogen-bond donors (Lipinski definition) is 2. The van der Waals surface area contributed by atoms with Crippen molar-refractivity contribution in [2.24, 2.45) is 5.92 Å². The van der Waals surface area contributed by atoms with Gasteiger partial charge in [-0.05, 0) is 19.3 Å². The van der Waals surface area contributed by atoms with Crippen LogP contribution in [0, 0.1) is 12.8 Å². The van der Waals surface area contributed by atoms with Crippen LogP contribution in [-0.4, -0.2) is 27.2 Å². The lowest BCUT2D eigenvalue weighted by atomic mass is 9.83. The average molecular weight is 265 g/mol. The van der Waals surface area contributed by atoms with Crippen molar-refractivity contribution >= 4 is 11.8 Å². The average Bonchev–Trinajstić information content (AvgIpc) is 2.30. The molecule has 0 spiro atoms. The quantitative estimate of drug-likeness (QED) is 0.808. The van der Waals surface area contributed by atoms with E-state index in [0.29, 0.717) is 12.2 Å². The standard InChI is InChI=1S/C13H19N3O3/c1-9-7-15-12(13(19)16(9)8-11(17)18)14-6-5-10-3-2-4-10/h7,10H,2-6,8H2,1H3,(H,14,15)(H,17,18). The number of carboxylic acids is 1. The number of aryl methyl sites for hydroxylation is 1. The topological polar surface area (TPSA) is 84.2 Å². The van der Waals surface area contributed by atoms with Gasteiger partial charge in [-0.15, -0.1) is 0 Å². The van der Waals surface area contributed by atoms with Gasteiger partial charge in [-0.25, -0.2) is 4.98 Å². The van der Waals surface area contributed by atoms with E-state index in [1.54, 1.807) is 6.92 Å². The molecule has 19 heavy (non-hydrogen) atoms. The van der Waals surface area contributed by atoms with Gasteiger partial charge in [0.1, 0.15) is 6.54 Å². The van der Waals surface area contributed by atoms with E-state index in [1.807, 2.05) is 0 Å². The molecule has 6 nitrogen and oxygen atoms in total. The molecule has 1 heterocycles. The zero-order chi connectivity index (χ0) is 13.8. The summed E-state index contributed by atoms with van der Waals surface area (Å²) >= 11 is 0. The molecule has 0 aliphatic heterocycles. The predicted octanol–water partition coefficient (Wildman–Crippen LogP) is 1.24. The molecule has 0 amide bonds. The van der Waals surface area contributed by atoms with Crippen LogP contribution >= 0.6 is 0 Å². The van der Waals surface area contributed by atoms with Crippen molar-refractivity contribution in [3.63, 3.8) is 0 Å². The first kappa shape index (κ1) is 13.6. The highest BCUT2D eigenvalue weighted by Crippen LogP contribution is 2.28. The van der Waals surface area contributed by atoms with Gasteiger partial charge in [-0.1, -0.05) is 19.3 Å². The summed E-state index contributed by atoms with van der Waals surface area (Å²) < 4.78 is 1.22. The number of aliphatic carboxylic acids is 1. The number of aromatic nitrogens is 2. The van der Waals surface area contributed by atoms with E-state index in [-0.39, 0.29) is 17.9 Å². The lowest BCUT2D eigenvalue weighted by Gasteiger charge is -2.25. The van der Waals surface area contributed by atoms with Crippen molar-refractivity contribution in [2.45, 2.75) is 39.2 Å². The fourth-order valence-corrected chi connectivity index (χ4v) is 2.20. The Morgan fingerprint density at radius 2 is 2.32 bits per heavy atom. The highest BCUT2D eigenvalue weighted by Gasteiger charge is 2.17. The zero-order valence-electron chi connectivity index (χ0n) is 11.1. The molecular formula is C13H19N3O3. The molecule has 2 rings (SSSR count). The number of nitrogens with one attached hydrogen (secondary N) is 1. The molecule has 0 unspecified atom stereocenters. The van der Waals surface area contributed by atoms with Crippen molar-refractivity contribution < 1.29 is 9.90 Å². The number of anilines is 1. The molecule has 0 saturated heterocycles. The number of carboxylic acid groups (broad SMARTS) is 1. The van der Waals surface area contributed by atoms with Crippen LogP contribution < -0.4 is 10.9 Å². The second kappa shape index (κ2) is 5.86. The van der Waals surface area contributed by atoms with Crippen LogP contribution in [0.15, 0.2) is 11.0 Å². The van der Waals surface area contributed by atoms with Crippen molar-refractivity contribution in [1.29, 1.82) is 0 Å². The fourth-order valence-electron chi connectivity index (χ4n) is 2.20. The normalized spacial score (nSPS) is 15.0. The van der Waals surface area contributed by atoms with Gasteiger partial charge in [-0.2, -0.15) is 0 Å². The van der Waals surface area contributed by atoms with Crippen LogP contribution in [0.4, 0.5) is 5.82 Å². The second-order valence-electron chi connectivity index (χ2n) is 5.05. The first-order chi connectivity index (χ1) is 9.08. The third kappa shape index (κ3) is 3.33. The number of hydrogen-bond acceptors (Lipinski definition) is 4. The predicted molar refractivity (Wildman–Crippen MR) is 71.3 cm³/mol.